The first-order chi connectivity index (χ1) is 19.8. The predicted octanol–water partition coefficient (Wildman–Crippen LogP) is 6.61. The molecule has 3 rings (SSSR count). The summed E-state index contributed by atoms with van der Waals surface area (Å²) in [5, 5.41) is 17.6. The van der Waals surface area contributed by atoms with Crippen molar-refractivity contribution >= 4 is 40.3 Å². The van der Waals surface area contributed by atoms with Crippen molar-refractivity contribution in [2.75, 3.05) is 45.4 Å². The lowest BCUT2D eigenvalue weighted by Crippen LogP contribution is -2.31. The summed E-state index contributed by atoms with van der Waals surface area (Å²) >= 11 is 0. The number of anilines is 1. The third-order valence-electron chi connectivity index (χ3n) is 7.07. The highest BCUT2D eigenvalue weighted by molar-refractivity contribution is 8.93. The molecule has 1 aliphatic rings. The van der Waals surface area contributed by atoms with E-state index in [1.54, 1.807) is 30.9 Å². The van der Waals surface area contributed by atoms with Crippen molar-refractivity contribution in [3.63, 3.8) is 0 Å². The second kappa shape index (κ2) is 15.4. The van der Waals surface area contributed by atoms with Crippen molar-refractivity contribution < 1.29 is 33.3 Å². The number of benzene rings is 2. The van der Waals surface area contributed by atoms with Crippen LogP contribution in [0, 0.1) is 11.2 Å². The number of aliphatic carboxylic acids is 1. The number of ketones is 1. The number of nitrogens with zero attached hydrogens (tertiary/aromatic N) is 2. The Morgan fingerprint density at radius 3 is 2.28 bits per heavy atom. The van der Waals surface area contributed by atoms with Crippen LogP contribution in [0.1, 0.15) is 87.4 Å². The fourth-order valence-corrected chi connectivity index (χ4v) is 4.97. The molecule has 0 spiro atoms. The summed E-state index contributed by atoms with van der Waals surface area (Å²) in [7, 11) is 3.77. The van der Waals surface area contributed by atoms with E-state index in [9.17, 15) is 9.59 Å². The monoisotopic (exact) mass is 665 g/mol. The number of Topliss-reactive ketones (excluding diaryl/α,β-unsaturated/α-hetero) is 1. The first kappa shape index (κ1) is 35.9. The van der Waals surface area contributed by atoms with Gasteiger partial charge in [-0.3, -0.25) is 15.0 Å². The smallest absolute Gasteiger partial charge is 0.303 e. The minimum atomic E-state index is -0.801. The highest BCUT2D eigenvalue weighted by atomic mass is 79.9. The molecule has 0 fully saturated rings. The minimum Gasteiger partial charge on any atom is -0.491 e. The van der Waals surface area contributed by atoms with Gasteiger partial charge in [0.15, 0.2) is 23.1 Å². The number of ether oxygens (including phenoxy) is 3. The molecular formula is C32H45BrFN3O6. The van der Waals surface area contributed by atoms with Gasteiger partial charge in [0.2, 0.25) is 0 Å². The maximum absolute atomic E-state index is 15.5. The maximum Gasteiger partial charge on any atom is 0.303 e. The quantitative estimate of drug-likeness (QED) is 0.161. The van der Waals surface area contributed by atoms with Gasteiger partial charge in [0.1, 0.15) is 11.6 Å². The van der Waals surface area contributed by atoms with Crippen molar-refractivity contribution in [2.45, 2.75) is 72.3 Å². The number of carbonyl (C=O) groups is 2. The summed E-state index contributed by atoms with van der Waals surface area (Å²) in [6.07, 6.45) is 2.20. The van der Waals surface area contributed by atoms with Crippen LogP contribution >= 0.6 is 17.0 Å². The van der Waals surface area contributed by atoms with Crippen LogP contribution < -0.4 is 19.1 Å². The zero-order valence-electron chi connectivity index (χ0n) is 26.3. The Kier molecular flexibility index (Phi) is 12.8. The van der Waals surface area contributed by atoms with E-state index in [-0.39, 0.29) is 71.4 Å². The topological polar surface area (TPSA) is 112 Å². The standard InChI is InChI=1S/C32H44FN3O6.BrH/c1-8-40-25-17-21-18-36(31(34)27(21)28(33)30(25)41-9-2)19-24(37)20-15-22(32(3,4)5)29(23(16-20)35(6)7)42-14-12-10-11-13-26(38)39;/h15-17,34H,8-14,18-19H2,1-7H3,(H,38,39);1H. The van der Waals surface area contributed by atoms with Crippen LogP contribution in [0.5, 0.6) is 17.2 Å². The van der Waals surface area contributed by atoms with Gasteiger partial charge in [0, 0.05) is 38.2 Å². The summed E-state index contributed by atoms with van der Waals surface area (Å²) in [4.78, 5) is 27.9. The van der Waals surface area contributed by atoms with E-state index in [0.717, 1.165) is 17.7 Å². The Morgan fingerprint density at radius 2 is 1.70 bits per heavy atom. The van der Waals surface area contributed by atoms with E-state index < -0.39 is 11.8 Å². The van der Waals surface area contributed by atoms with Crippen molar-refractivity contribution in [3.8, 4) is 17.2 Å². The van der Waals surface area contributed by atoms with Crippen LogP contribution in [0.4, 0.5) is 10.1 Å². The molecule has 0 saturated carbocycles. The van der Waals surface area contributed by atoms with Crippen molar-refractivity contribution in [1.29, 1.82) is 5.41 Å². The van der Waals surface area contributed by atoms with Crippen LogP contribution in [0.25, 0.3) is 0 Å². The van der Waals surface area contributed by atoms with E-state index in [1.807, 2.05) is 25.1 Å². The van der Waals surface area contributed by atoms with Gasteiger partial charge in [-0.1, -0.05) is 20.8 Å². The molecule has 2 aromatic carbocycles. The highest BCUT2D eigenvalue weighted by Gasteiger charge is 2.34. The number of unbranched alkanes of at least 4 members (excludes halogenated alkanes) is 2. The number of rotatable bonds is 15. The number of halogens is 2. The average Bonchev–Trinajstić information content (AvgIpc) is 3.21. The molecule has 1 heterocycles. The summed E-state index contributed by atoms with van der Waals surface area (Å²) < 4.78 is 32.9. The Morgan fingerprint density at radius 1 is 1.02 bits per heavy atom. The number of carbonyl (C=O) groups excluding carboxylic acids is 1. The third-order valence-corrected chi connectivity index (χ3v) is 7.07. The number of hydrogen-bond acceptors (Lipinski definition) is 7. The number of carboxylic acid groups (broad SMARTS) is 1. The third kappa shape index (κ3) is 8.61. The van der Waals surface area contributed by atoms with E-state index in [4.69, 9.17) is 24.7 Å². The molecule has 0 aromatic heterocycles. The number of amidine groups is 1. The van der Waals surface area contributed by atoms with Crippen molar-refractivity contribution in [1.82, 2.24) is 4.90 Å². The molecule has 9 nitrogen and oxygen atoms in total. The molecule has 238 valence electrons. The highest BCUT2D eigenvalue weighted by Crippen LogP contribution is 2.41. The Hall–Kier alpha value is -3.34. The molecule has 0 amide bonds. The molecule has 0 bridgehead atoms. The Labute approximate surface area is 264 Å². The molecule has 0 atom stereocenters. The van der Waals surface area contributed by atoms with E-state index >= 15 is 4.39 Å². The predicted molar refractivity (Wildman–Crippen MR) is 172 cm³/mol. The van der Waals surface area contributed by atoms with Crippen molar-refractivity contribution in [2.24, 2.45) is 0 Å². The molecular weight excluding hydrogens is 621 g/mol. The SMILES string of the molecule is Br.CCOc1cc2c(c(F)c1OCC)C(=N)N(CC(=O)c1cc(N(C)C)c(OCCCCCC(=O)O)c(C(C)(C)C)c1)C2. The fourth-order valence-electron chi connectivity index (χ4n) is 4.97. The second-order valence-corrected chi connectivity index (χ2v) is 11.6. The van der Waals surface area contributed by atoms with Gasteiger partial charge in [0.25, 0.3) is 0 Å². The zero-order valence-corrected chi connectivity index (χ0v) is 28.0. The first-order valence-corrected chi connectivity index (χ1v) is 14.5. The first-order valence-electron chi connectivity index (χ1n) is 14.5. The molecule has 2 aromatic rings. The molecule has 0 saturated heterocycles. The molecule has 11 heteroatoms. The zero-order chi connectivity index (χ0) is 31.2. The fraction of sp³-hybridized carbons (Fsp3) is 0.531. The largest absolute Gasteiger partial charge is 0.491 e. The van der Waals surface area contributed by atoms with Crippen LogP contribution in [-0.2, 0) is 16.8 Å². The molecule has 43 heavy (non-hydrogen) atoms. The maximum atomic E-state index is 15.5. The van der Waals surface area contributed by atoms with Gasteiger partial charge in [-0.05, 0) is 62.3 Å². The van der Waals surface area contributed by atoms with E-state index in [1.165, 1.54) is 0 Å². The van der Waals surface area contributed by atoms with Crippen LogP contribution in [0.3, 0.4) is 0 Å². The molecule has 0 unspecified atom stereocenters. The van der Waals surface area contributed by atoms with Gasteiger partial charge in [-0.25, -0.2) is 4.39 Å². The lowest BCUT2D eigenvalue weighted by atomic mass is 9.84. The Balaban J connectivity index is 0.00000645. The van der Waals surface area contributed by atoms with Crippen LogP contribution in [0.2, 0.25) is 0 Å². The van der Waals surface area contributed by atoms with Gasteiger partial charge in [-0.15, -0.1) is 17.0 Å². The minimum absolute atomic E-state index is 0. The van der Waals surface area contributed by atoms with E-state index in [2.05, 4.69) is 20.8 Å². The molecule has 1 aliphatic heterocycles. The number of hydrogen-bond donors (Lipinski definition) is 2. The van der Waals surface area contributed by atoms with E-state index in [0.29, 0.717) is 48.7 Å². The Bertz CT molecular complexity index is 1330. The summed E-state index contributed by atoms with van der Waals surface area (Å²) in [6.45, 7) is 10.9. The molecule has 0 radical (unpaired) electrons. The second-order valence-electron chi connectivity index (χ2n) is 11.6. The normalized spacial score (nSPS) is 12.5. The van der Waals surface area contributed by atoms with Crippen molar-refractivity contribution in [3.05, 3.63) is 46.3 Å². The van der Waals surface area contributed by atoms with Gasteiger partial charge in [-0.2, -0.15) is 0 Å². The van der Waals surface area contributed by atoms with Crippen LogP contribution in [0.15, 0.2) is 18.2 Å². The van der Waals surface area contributed by atoms with Gasteiger partial charge in [0.05, 0.1) is 37.6 Å². The summed E-state index contributed by atoms with van der Waals surface area (Å²) in [5.74, 6) is -0.740. The lowest BCUT2D eigenvalue weighted by Gasteiger charge is -2.28. The van der Waals surface area contributed by atoms with Crippen LogP contribution in [-0.4, -0.2) is 68.1 Å². The summed E-state index contributed by atoms with van der Waals surface area (Å²) in [6, 6.07) is 5.34. The lowest BCUT2D eigenvalue weighted by molar-refractivity contribution is -0.137. The molecule has 0 aliphatic carbocycles. The molecule has 2 N–H and O–H groups in total. The van der Waals surface area contributed by atoms with Gasteiger partial charge >= 0.3 is 5.97 Å². The number of carboxylic acids is 1. The van der Waals surface area contributed by atoms with Gasteiger partial charge < -0.3 is 29.1 Å². The summed E-state index contributed by atoms with van der Waals surface area (Å²) in [5.41, 5.74) is 2.47. The number of nitrogens with one attached hydrogen (secondary N) is 1. The average molecular weight is 667 g/mol. The number of fused-ring (bicyclic) bond motifs is 1.